The van der Waals surface area contributed by atoms with E-state index in [9.17, 15) is 27.6 Å². The molecule has 2 aliphatic rings. The standard InChI is InChI=1S/C19H22F3N3O5/c1-29-13-9-8-11(10-14(13)30-2)15(26)23-18(19(20,21)22)16(27)25(17(28)24-18)12-6-4-3-5-7-12/h8-10,12H,3-7H2,1-2H3,(H,23,26)(H,24,28)/t18-/m0/s1. The molecule has 4 amide bonds. The second kappa shape index (κ2) is 8.04. The second-order valence-electron chi connectivity index (χ2n) is 7.17. The first kappa shape index (κ1) is 21.7. The number of carbonyl (C=O) groups excluding carboxylic acids is 3. The Morgan fingerprint density at radius 1 is 1.13 bits per heavy atom. The number of ether oxygens (including phenoxy) is 2. The number of nitrogens with one attached hydrogen (secondary N) is 2. The van der Waals surface area contributed by atoms with E-state index >= 15 is 0 Å². The van der Waals surface area contributed by atoms with Crippen LogP contribution in [0.25, 0.3) is 0 Å². The molecule has 11 heteroatoms. The zero-order chi connectivity index (χ0) is 22.1. The molecule has 30 heavy (non-hydrogen) atoms. The minimum absolute atomic E-state index is 0.122. The second-order valence-corrected chi connectivity index (χ2v) is 7.17. The lowest BCUT2D eigenvalue weighted by atomic mass is 9.94. The van der Waals surface area contributed by atoms with Gasteiger partial charge in [-0.05, 0) is 31.0 Å². The molecule has 1 aromatic carbocycles. The van der Waals surface area contributed by atoms with Gasteiger partial charge in [0, 0.05) is 11.6 Å². The molecule has 1 aromatic rings. The first-order valence-electron chi connectivity index (χ1n) is 9.41. The van der Waals surface area contributed by atoms with Gasteiger partial charge in [-0.25, -0.2) is 4.79 Å². The van der Waals surface area contributed by atoms with Gasteiger partial charge in [0.05, 0.1) is 14.2 Å². The molecular weight excluding hydrogens is 407 g/mol. The summed E-state index contributed by atoms with van der Waals surface area (Å²) in [5, 5.41) is 3.38. The van der Waals surface area contributed by atoms with Crippen molar-refractivity contribution in [3.8, 4) is 11.5 Å². The molecule has 164 valence electrons. The molecule has 1 saturated heterocycles. The van der Waals surface area contributed by atoms with Crippen molar-refractivity contribution < 1.29 is 37.0 Å². The number of alkyl halides is 3. The molecule has 0 radical (unpaired) electrons. The van der Waals surface area contributed by atoms with Crippen molar-refractivity contribution >= 4 is 17.8 Å². The van der Waals surface area contributed by atoms with Crippen LogP contribution in [0.5, 0.6) is 11.5 Å². The minimum Gasteiger partial charge on any atom is -0.493 e. The van der Waals surface area contributed by atoms with Gasteiger partial charge in [-0.3, -0.25) is 19.8 Å². The fourth-order valence-electron chi connectivity index (χ4n) is 3.79. The molecule has 0 aromatic heterocycles. The molecule has 1 aliphatic carbocycles. The van der Waals surface area contributed by atoms with Crippen LogP contribution in [-0.4, -0.2) is 54.8 Å². The maximum Gasteiger partial charge on any atom is 0.440 e. The lowest BCUT2D eigenvalue weighted by molar-refractivity contribution is -0.200. The fourth-order valence-corrected chi connectivity index (χ4v) is 3.79. The van der Waals surface area contributed by atoms with E-state index in [1.165, 1.54) is 32.4 Å². The number of hydrogen-bond acceptors (Lipinski definition) is 5. The number of rotatable bonds is 5. The Morgan fingerprint density at radius 3 is 2.33 bits per heavy atom. The van der Waals surface area contributed by atoms with Gasteiger partial charge >= 0.3 is 12.2 Å². The summed E-state index contributed by atoms with van der Waals surface area (Å²) in [4.78, 5) is 38.4. The van der Waals surface area contributed by atoms with Crippen molar-refractivity contribution in [3.63, 3.8) is 0 Å². The molecular formula is C19H22F3N3O5. The van der Waals surface area contributed by atoms with Crippen molar-refractivity contribution in [2.24, 2.45) is 0 Å². The summed E-state index contributed by atoms with van der Waals surface area (Å²) >= 11 is 0. The van der Waals surface area contributed by atoms with E-state index in [0.29, 0.717) is 30.6 Å². The summed E-state index contributed by atoms with van der Waals surface area (Å²) in [5.74, 6) is -2.33. The molecule has 8 nitrogen and oxygen atoms in total. The van der Waals surface area contributed by atoms with Gasteiger partial charge in [0.25, 0.3) is 17.5 Å². The summed E-state index contributed by atoms with van der Waals surface area (Å²) < 4.78 is 52.1. The Hall–Kier alpha value is -2.98. The predicted octanol–water partition coefficient (Wildman–Crippen LogP) is 2.58. The zero-order valence-electron chi connectivity index (χ0n) is 16.5. The van der Waals surface area contributed by atoms with Gasteiger partial charge in [-0.15, -0.1) is 0 Å². The van der Waals surface area contributed by atoms with E-state index < -0.39 is 35.7 Å². The third-order valence-corrected chi connectivity index (χ3v) is 5.36. The Bertz CT molecular complexity index is 854. The highest BCUT2D eigenvalue weighted by molar-refractivity contribution is 6.10. The zero-order valence-corrected chi connectivity index (χ0v) is 16.5. The summed E-state index contributed by atoms with van der Waals surface area (Å²) in [5.41, 5.74) is -3.74. The third kappa shape index (κ3) is 3.63. The Labute approximate surface area is 170 Å². The SMILES string of the molecule is COc1ccc(C(=O)N[C@]2(C(F)(F)F)NC(=O)N(C3CCCCC3)C2=O)cc1OC. The number of amides is 4. The van der Waals surface area contributed by atoms with E-state index in [-0.39, 0.29) is 17.1 Å². The summed E-state index contributed by atoms with van der Waals surface area (Å²) in [7, 11) is 2.67. The van der Waals surface area contributed by atoms with Crippen LogP contribution in [-0.2, 0) is 4.79 Å². The normalized spacial score (nSPS) is 22.6. The molecule has 1 aliphatic heterocycles. The van der Waals surface area contributed by atoms with Crippen molar-refractivity contribution in [2.75, 3.05) is 14.2 Å². The number of benzene rings is 1. The Morgan fingerprint density at radius 2 is 1.77 bits per heavy atom. The average Bonchev–Trinajstić information content (AvgIpc) is 2.98. The lowest BCUT2D eigenvalue weighted by Crippen LogP contribution is -2.69. The summed E-state index contributed by atoms with van der Waals surface area (Å²) in [6.45, 7) is 0. The van der Waals surface area contributed by atoms with Crippen molar-refractivity contribution in [2.45, 2.75) is 50.0 Å². The van der Waals surface area contributed by atoms with Crippen molar-refractivity contribution in [1.82, 2.24) is 15.5 Å². The molecule has 0 spiro atoms. The highest BCUT2D eigenvalue weighted by Gasteiger charge is 2.69. The number of urea groups is 1. The lowest BCUT2D eigenvalue weighted by Gasteiger charge is -2.32. The number of nitrogens with zero attached hydrogens (tertiary/aromatic N) is 1. The monoisotopic (exact) mass is 429 g/mol. The Balaban J connectivity index is 1.92. The van der Waals surface area contributed by atoms with Crippen LogP contribution < -0.4 is 20.1 Å². The molecule has 1 saturated carbocycles. The van der Waals surface area contributed by atoms with Gasteiger partial charge in [0.1, 0.15) is 0 Å². The topological polar surface area (TPSA) is 97.0 Å². The predicted molar refractivity (Wildman–Crippen MR) is 98.0 cm³/mol. The molecule has 1 heterocycles. The van der Waals surface area contributed by atoms with E-state index in [1.807, 2.05) is 0 Å². The van der Waals surface area contributed by atoms with E-state index in [4.69, 9.17) is 9.47 Å². The number of hydrogen-bond donors (Lipinski definition) is 2. The van der Waals surface area contributed by atoms with Crippen LogP contribution in [0, 0.1) is 0 Å². The van der Waals surface area contributed by atoms with Crippen LogP contribution in [0.4, 0.5) is 18.0 Å². The average molecular weight is 429 g/mol. The minimum atomic E-state index is -5.25. The van der Waals surface area contributed by atoms with Crippen LogP contribution in [0.2, 0.25) is 0 Å². The number of carbonyl (C=O) groups is 3. The van der Waals surface area contributed by atoms with Gasteiger partial charge in [0.15, 0.2) is 11.5 Å². The first-order chi connectivity index (χ1) is 14.1. The van der Waals surface area contributed by atoms with Crippen molar-refractivity contribution in [1.29, 1.82) is 0 Å². The molecule has 0 bridgehead atoms. The van der Waals surface area contributed by atoms with Gasteiger partial charge in [-0.1, -0.05) is 19.3 Å². The first-order valence-corrected chi connectivity index (χ1v) is 9.41. The van der Waals surface area contributed by atoms with Gasteiger partial charge < -0.3 is 14.8 Å². The molecule has 2 fully saturated rings. The third-order valence-electron chi connectivity index (χ3n) is 5.36. The quantitative estimate of drug-likeness (QED) is 0.702. The molecule has 0 unspecified atom stereocenters. The number of halogens is 3. The smallest absolute Gasteiger partial charge is 0.440 e. The maximum absolute atomic E-state index is 14.0. The largest absolute Gasteiger partial charge is 0.493 e. The van der Waals surface area contributed by atoms with E-state index in [0.717, 1.165) is 6.42 Å². The molecule has 1 atom stereocenters. The highest BCUT2D eigenvalue weighted by atomic mass is 19.4. The van der Waals surface area contributed by atoms with Crippen molar-refractivity contribution in [3.05, 3.63) is 23.8 Å². The molecule has 3 rings (SSSR count). The highest BCUT2D eigenvalue weighted by Crippen LogP contribution is 2.37. The maximum atomic E-state index is 14.0. The number of imide groups is 1. The Kier molecular flexibility index (Phi) is 5.82. The van der Waals surface area contributed by atoms with E-state index in [1.54, 1.807) is 10.6 Å². The number of methoxy groups -OCH3 is 2. The fraction of sp³-hybridized carbons (Fsp3) is 0.526. The van der Waals surface area contributed by atoms with E-state index in [2.05, 4.69) is 0 Å². The van der Waals surface area contributed by atoms with Gasteiger partial charge in [0.2, 0.25) is 0 Å². The van der Waals surface area contributed by atoms with Gasteiger partial charge in [-0.2, -0.15) is 13.2 Å². The summed E-state index contributed by atoms with van der Waals surface area (Å²) in [6, 6.07) is 1.95. The van der Waals surface area contributed by atoms with Crippen LogP contribution in [0.3, 0.4) is 0 Å². The van der Waals surface area contributed by atoms with Crippen LogP contribution in [0.1, 0.15) is 42.5 Å². The van der Waals surface area contributed by atoms with Crippen LogP contribution in [0.15, 0.2) is 18.2 Å². The molecule has 2 N–H and O–H groups in total. The summed E-state index contributed by atoms with van der Waals surface area (Å²) in [6.07, 6.45) is -2.10. The van der Waals surface area contributed by atoms with Crippen LogP contribution >= 0.6 is 0 Å².